The molecule has 0 aliphatic heterocycles. The zero-order chi connectivity index (χ0) is 57.1. The highest BCUT2D eigenvalue weighted by Crippen LogP contribution is 2.17. The van der Waals surface area contributed by atoms with Crippen molar-refractivity contribution >= 4 is 17.9 Å². The molecule has 1 atom stereocenters. The van der Waals surface area contributed by atoms with Gasteiger partial charge in [-0.25, -0.2) is 0 Å². The van der Waals surface area contributed by atoms with Crippen LogP contribution in [0.1, 0.15) is 342 Å². The van der Waals surface area contributed by atoms with E-state index in [1.165, 1.54) is 193 Å². The summed E-state index contributed by atoms with van der Waals surface area (Å²) in [6.45, 7) is 6.51. The average molecular weight is 1100 g/mol. The van der Waals surface area contributed by atoms with E-state index in [4.69, 9.17) is 14.2 Å². The van der Waals surface area contributed by atoms with Gasteiger partial charge >= 0.3 is 17.9 Å². The lowest BCUT2D eigenvalue weighted by Crippen LogP contribution is -2.30. The van der Waals surface area contributed by atoms with Gasteiger partial charge in [-0.2, -0.15) is 0 Å². The van der Waals surface area contributed by atoms with Gasteiger partial charge in [-0.3, -0.25) is 14.4 Å². The van der Waals surface area contributed by atoms with Crippen LogP contribution in [-0.2, 0) is 28.6 Å². The van der Waals surface area contributed by atoms with E-state index in [0.29, 0.717) is 19.3 Å². The molecule has 0 aromatic carbocycles. The zero-order valence-electron chi connectivity index (χ0n) is 52.4. The van der Waals surface area contributed by atoms with Gasteiger partial charge in [0, 0.05) is 19.3 Å². The molecule has 0 aromatic heterocycles. The minimum Gasteiger partial charge on any atom is -0.462 e. The summed E-state index contributed by atoms with van der Waals surface area (Å²) in [5.41, 5.74) is 0. The molecule has 0 radical (unpaired) electrons. The summed E-state index contributed by atoms with van der Waals surface area (Å²) in [5.74, 6) is -0.876. The fourth-order valence-electron chi connectivity index (χ4n) is 9.80. The molecule has 6 heteroatoms. The predicted molar refractivity (Wildman–Crippen MR) is 344 cm³/mol. The number of carbonyl (C=O) groups excluding carboxylic acids is 3. The Hall–Kier alpha value is -3.41. The molecule has 0 rings (SSSR count). The van der Waals surface area contributed by atoms with Crippen LogP contribution >= 0.6 is 0 Å². The van der Waals surface area contributed by atoms with Gasteiger partial charge in [0.15, 0.2) is 6.10 Å². The van der Waals surface area contributed by atoms with Crippen LogP contribution in [0.3, 0.4) is 0 Å². The third kappa shape index (κ3) is 65.3. The third-order valence-corrected chi connectivity index (χ3v) is 14.9. The summed E-state index contributed by atoms with van der Waals surface area (Å²) in [7, 11) is 0. The van der Waals surface area contributed by atoms with Crippen LogP contribution in [-0.4, -0.2) is 37.2 Å². The Labute approximate surface area is 490 Å². The fraction of sp³-hybridized carbons (Fsp3) is 0.767. The third-order valence-electron chi connectivity index (χ3n) is 14.9. The van der Waals surface area contributed by atoms with Crippen LogP contribution < -0.4 is 0 Å². The highest BCUT2D eigenvalue weighted by atomic mass is 16.6. The quantitative estimate of drug-likeness (QED) is 0.0261. The molecule has 1 unspecified atom stereocenters. The summed E-state index contributed by atoms with van der Waals surface area (Å²) in [6.07, 6.45) is 89.1. The molecule has 0 saturated carbocycles. The van der Waals surface area contributed by atoms with E-state index in [2.05, 4.69) is 106 Å². The Morgan fingerprint density at radius 2 is 0.494 bits per heavy atom. The fourth-order valence-corrected chi connectivity index (χ4v) is 9.80. The second-order valence-corrected chi connectivity index (χ2v) is 22.7. The number of hydrogen-bond acceptors (Lipinski definition) is 6. The van der Waals surface area contributed by atoms with Crippen LogP contribution in [0.15, 0.2) is 85.1 Å². The van der Waals surface area contributed by atoms with Crippen molar-refractivity contribution in [2.24, 2.45) is 0 Å². The zero-order valence-corrected chi connectivity index (χ0v) is 52.4. The van der Waals surface area contributed by atoms with Crippen molar-refractivity contribution in [3.63, 3.8) is 0 Å². The molecule has 0 spiro atoms. The van der Waals surface area contributed by atoms with Crippen molar-refractivity contribution in [3.05, 3.63) is 85.1 Å². The SMILES string of the molecule is CC/C=C\C/C=C\C/C=C\C/C=C\CCCCCCCCCCCCCCCCCCCCCCC(=O)OCC(COC(=O)CCCCCCCCCCC)OC(=O)CCCCCCCC/C=C\C/C=C\C/C=C\CCCCC. The number of esters is 3. The number of unbranched alkanes of at least 4 members (excludes halogenated alkanes) is 37. The number of hydrogen-bond donors (Lipinski definition) is 0. The normalized spacial score (nSPS) is 12.6. The van der Waals surface area contributed by atoms with E-state index in [0.717, 1.165) is 109 Å². The molecule has 0 amide bonds. The first-order chi connectivity index (χ1) is 39.0. The summed E-state index contributed by atoms with van der Waals surface area (Å²) in [6, 6.07) is 0. The Balaban J connectivity index is 4.09. The molecule has 456 valence electrons. The lowest BCUT2D eigenvalue weighted by molar-refractivity contribution is -0.167. The van der Waals surface area contributed by atoms with Gasteiger partial charge < -0.3 is 14.2 Å². The monoisotopic (exact) mass is 1100 g/mol. The maximum atomic E-state index is 12.9. The van der Waals surface area contributed by atoms with Crippen LogP contribution in [0, 0.1) is 0 Å². The Bertz CT molecular complexity index is 1500. The molecular formula is C73H128O6. The van der Waals surface area contributed by atoms with Crippen molar-refractivity contribution in [1.29, 1.82) is 0 Å². The topological polar surface area (TPSA) is 78.9 Å². The smallest absolute Gasteiger partial charge is 0.306 e. The van der Waals surface area contributed by atoms with Crippen molar-refractivity contribution in [2.45, 2.75) is 348 Å². The van der Waals surface area contributed by atoms with Gasteiger partial charge in [0.05, 0.1) is 0 Å². The summed E-state index contributed by atoms with van der Waals surface area (Å²) < 4.78 is 16.9. The van der Waals surface area contributed by atoms with E-state index in [1.807, 2.05) is 0 Å². The molecule has 0 N–H and O–H groups in total. The maximum absolute atomic E-state index is 12.9. The van der Waals surface area contributed by atoms with Gasteiger partial charge in [-0.15, -0.1) is 0 Å². The van der Waals surface area contributed by atoms with E-state index in [-0.39, 0.29) is 31.1 Å². The first kappa shape index (κ1) is 75.6. The minimum atomic E-state index is -0.780. The molecular weight excluding hydrogens is 973 g/mol. The average Bonchev–Trinajstić information content (AvgIpc) is 3.45. The van der Waals surface area contributed by atoms with Crippen molar-refractivity contribution in [2.75, 3.05) is 13.2 Å². The minimum absolute atomic E-state index is 0.0769. The molecule has 0 heterocycles. The van der Waals surface area contributed by atoms with Gasteiger partial charge in [-0.1, -0.05) is 311 Å². The Morgan fingerprint density at radius 1 is 0.266 bits per heavy atom. The molecule has 0 aliphatic rings. The lowest BCUT2D eigenvalue weighted by atomic mass is 10.0. The Morgan fingerprint density at radius 3 is 0.797 bits per heavy atom. The van der Waals surface area contributed by atoms with E-state index in [9.17, 15) is 14.4 Å². The Kier molecular flexibility index (Phi) is 64.2. The van der Waals surface area contributed by atoms with E-state index in [1.54, 1.807) is 0 Å². The molecule has 0 bridgehead atoms. The number of ether oxygens (including phenoxy) is 3. The lowest BCUT2D eigenvalue weighted by Gasteiger charge is -2.18. The number of rotatable bonds is 62. The highest BCUT2D eigenvalue weighted by molar-refractivity contribution is 5.71. The number of carbonyl (C=O) groups is 3. The standard InChI is InChI=1S/C73H128O6/c1-4-7-10-13-16-19-21-23-25-27-29-30-31-32-33-34-35-36-37-38-39-40-41-42-44-45-47-49-51-54-57-60-63-66-72(75)78-69-70(68-77-71(74)65-62-59-56-53-18-15-12-9-6-3)79-73(76)67-64-61-58-55-52-50-48-46-43-28-26-24-22-20-17-14-11-8-5-2/h7,10,16-17,19-20,23-26,29-30,43,46,70H,4-6,8-9,11-15,18,21-22,27-28,31-42,44-45,47-69H2,1-3H3/b10-7-,19-16-,20-17-,25-23-,26-24-,30-29-,46-43-. The van der Waals surface area contributed by atoms with Crippen LogP contribution in [0.5, 0.6) is 0 Å². The molecule has 0 fully saturated rings. The van der Waals surface area contributed by atoms with Crippen molar-refractivity contribution in [3.8, 4) is 0 Å². The van der Waals surface area contributed by atoms with Gasteiger partial charge in [0.25, 0.3) is 0 Å². The van der Waals surface area contributed by atoms with Gasteiger partial charge in [-0.05, 0) is 96.3 Å². The van der Waals surface area contributed by atoms with Crippen LogP contribution in [0.4, 0.5) is 0 Å². The molecule has 0 aliphatic carbocycles. The van der Waals surface area contributed by atoms with E-state index < -0.39 is 6.10 Å². The first-order valence-electron chi connectivity index (χ1n) is 34.1. The summed E-state index contributed by atoms with van der Waals surface area (Å²) in [5, 5.41) is 0. The van der Waals surface area contributed by atoms with E-state index >= 15 is 0 Å². The molecule has 0 aromatic rings. The first-order valence-corrected chi connectivity index (χ1v) is 34.1. The molecule has 79 heavy (non-hydrogen) atoms. The summed E-state index contributed by atoms with van der Waals surface area (Å²) in [4.78, 5) is 38.2. The van der Waals surface area contributed by atoms with Gasteiger partial charge in [0.2, 0.25) is 0 Å². The van der Waals surface area contributed by atoms with Crippen LogP contribution in [0.2, 0.25) is 0 Å². The van der Waals surface area contributed by atoms with Crippen molar-refractivity contribution in [1.82, 2.24) is 0 Å². The molecule has 0 saturated heterocycles. The van der Waals surface area contributed by atoms with Crippen molar-refractivity contribution < 1.29 is 28.6 Å². The maximum Gasteiger partial charge on any atom is 0.306 e. The van der Waals surface area contributed by atoms with Crippen LogP contribution in [0.25, 0.3) is 0 Å². The number of allylic oxidation sites excluding steroid dienone is 14. The summed E-state index contributed by atoms with van der Waals surface area (Å²) >= 11 is 0. The second kappa shape index (κ2) is 67.1. The predicted octanol–water partition coefficient (Wildman–Crippen LogP) is 23.4. The second-order valence-electron chi connectivity index (χ2n) is 22.7. The largest absolute Gasteiger partial charge is 0.462 e. The van der Waals surface area contributed by atoms with Gasteiger partial charge in [0.1, 0.15) is 13.2 Å². The highest BCUT2D eigenvalue weighted by Gasteiger charge is 2.19. The molecule has 6 nitrogen and oxygen atoms in total.